The molecule has 0 saturated carbocycles. The number of hydrogen-bond donors (Lipinski definition) is 0. The van der Waals surface area contributed by atoms with Crippen LogP contribution in [0.25, 0.3) is 67.8 Å². The molecule has 0 aliphatic carbocycles. The molecule has 0 spiro atoms. The van der Waals surface area contributed by atoms with Crippen molar-refractivity contribution in [3.63, 3.8) is 0 Å². The minimum Gasteiger partial charge on any atom is -0.255 e. The Balaban J connectivity index is 0.000000172. The Labute approximate surface area is 311 Å². The predicted octanol–water partition coefficient (Wildman–Crippen LogP) is 10.4. The predicted molar refractivity (Wildman–Crippen MR) is 202 cm³/mol. The molecule has 246 valence electrons. The summed E-state index contributed by atoms with van der Waals surface area (Å²) in [5.41, 5.74) is 13.8. The molecule has 51 heavy (non-hydrogen) atoms. The van der Waals surface area contributed by atoms with E-state index in [-0.39, 0.29) is 19.8 Å². The quantitative estimate of drug-likeness (QED) is 0.166. The molecule has 0 radical (unpaired) electrons. The molecule has 0 fully saturated rings. The van der Waals surface area contributed by atoms with Gasteiger partial charge in [0.1, 0.15) is 0 Å². The van der Waals surface area contributed by atoms with E-state index in [2.05, 4.69) is 107 Å². The molecule has 6 aromatic heterocycles. The van der Waals surface area contributed by atoms with Crippen molar-refractivity contribution in [2.24, 2.45) is 0 Å². The van der Waals surface area contributed by atoms with Crippen LogP contribution in [0.1, 0.15) is 11.1 Å². The molecule has 0 N–H and O–H groups in total. The third-order valence-electron chi connectivity index (χ3n) is 8.13. The number of aromatic nitrogens is 6. The van der Waals surface area contributed by atoms with Crippen LogP contribution in [-0.2, 0) is 19.8 Å². The van der Waals surface area contributed by atoms with E-state index < -0.39 is 0 Å². The van der Waals surface area contributed by atoms with Crippen LogP contribution >= 0.6 is 0 Å². The molecule has 0 aliphatic rings. The van der Waals surface area contributed by atoms with E-state index in [9.17, 15) is 0 Å². The maximum absolute atomic E-state index is 4.79. The molecule has 0 aliphatic heterocycles. The van der Waals surface area contributed by atoms with Crippen molar-refractivity contribution in [1.82, 2.24) is 29.9 Å². The van der Waals surface area contributed by atoms with E-state index in [0.29, 0.717) is 0 Å². The molecule has 0 bridgehead atoms. The Hall–Kier alpha value is -6.02. The minimum absolute atomic E-state index is 0. The van der Waals surface area contributed by atoms with Gasteiger partial charge in [-0.15, -0.1) is 0 Å². The van der Waals surface area contributed by atoms with Gasteiger partial charge in [0.2, 0.25) is 0 Å². The maximum Gasteiger partial charge on any atom is 2.00 e. The van der Waals surface area contributed by atoms with E-state index in [4.69, 9.17) is 9.97 Å². The van der Waals surface area contributed by atoms with Crippen LogP contribution in [0.2, 0.25) is 0 Å². The first kappa shape index (κ1) is 34.8. The van der Waals surface area contributed by atoms with Gasteiger partial charge in [-0.1, -0.05) is 83.9 Å². The zero-order chi connectivity index (χ0) is 34.1. The van der Waals surface area contributed by atoms with Crippen LogP contribution in [0.15, 0.2) is 170 Å². The largest absolute Gasteiger partial charge is 2.00 e. The van der Waals surface area contributed by atoms with Gasteiger partial charge in [0.05, 0.1) is 45.6 Å². The van der Waals surface area contributed by atoms with Crippen LogP contribution in [0.4, 0.5) is 0 Å². The Morgan fingerprint density at radius 1 is 0.294 bits per heavy atom. The summed E-state index contributed by atoms with van der Waals surface area (Å²) >= 11 is 0. The Morgan fingerprint density at radius 3 is 0.804 bits per heavy atom. The fraction of sp³-hybridized carbons (Fsp3) is 0.0455. The van der Waals surface area contributed by atoms with Gasteiger partial charge in [-0.05, 0) is 109 Å². The van der Waals surface area contributed by atoms with E-state index in [0.717, 1.165) is 67.8 Å². The normalized spacial score (nSPS) is 10.4. The van der Waals surface area contributed by atoms with Crippen LogP contribution < -0.4 is 0 Å². The molecule has 6 heterocycles. The number of hydrogen-bond acceptors (Lipinski definition) is 6. The van der Waals surface area contributed by atoms with Crippen molar-refractivity contribution in [1.29, 1.82) is 0 Å². The molecule has 7 heteroatoms. The number of pyridine rings is 6. The van der Waals surface area contributed by atoms with E-state index >= 15 is 0 Å². The summed E-state index contributed by atoms with van der Waals surface area (Å²) in [5, 5.41) is 0. The summed E-state index contributed by atoms with van der Waals surface area (Å²) in [6, 6.07) is 48.8. The van der Waals surface area contributed by atoms with Gasteiger partial charge in [0.15, 0.2) is 0 Å². The zero-order valence-electron chi connectivity index (χ0n) is 28.2. The van der Waals surface area contributed by atoms with Gasteiger partial charge in [-0.3, -0.25) is 19.9 Å². The number of aryl methyl sites for hydroxylation is 2. The second kappa shape index (κ2) is 16.6. The zero-order valence-corrected chi connectivity index (χ0v) is 30.7. The molecule has 0 amide bonds. The fourth-order valence-electron chi connectivity index (χ4n) is 5.47. The average Bonchev–Trinajstić information content (AvgIpc) is 3.20. The van der Waals surface area contributed by atoms with E-state index in [1.165, 1.54) is 11.1 Å². The van der Waals surface area contributed by atoms with Crippen LogP contribution in [0, 0.1) is 13.8 Å². The summed E-state index contributed by atoms with van der Waals surface area (Å²) in [6.45, 7) is 4.18. The minimum atomic E-state index is 0. The summed E-state index contributed by atoms with van der Waals surface area (Å²) in [6.07, 6.45) is 7.15. The molecule has 6 nitrogen and oxygen atoms in total. The first-order valence-electron chi connectivity index (χ1n) is 16.4. The summed E-state index contributed by atoms with van der Waals surface area (Å²) in [5.74, 6) is 0. The Morgan fingerprint density at radius 2 is 0.569 bits per heavy atom. The van der Waals surface area contributed by atoms with Crippen LogP contribution in [-0.4, -0.2) is 29.9 Å². The summed E-state index contributed by atoms with van der Waals surface area (Å²) < 4.78 is 0. The summed E-state index contributed by atoms with van der Waals surface area (Å²) in [4.78, 5) is 27.4. The first-order chi connectivity index (χ1) is 24.6. The molecule has 8 rings (SSSR count). The standard InChI is InChI=1S/2C22H17N3.Os/c2*1-16-8-10-17(11-9-16)18-14-21(19-6-2-4-12-23-19)25-22(15-18)20-7-3-5-13-24-20;/h2*2-15H,1H3;/q;;+2. The van der Waals surface area contributed by atoms with E-state index in [1.54, 1.807) is 24.8 Å². The van der Waals surface area contributed by atoms with Gasteiger partial charge in [0.25, 0.3) is 0 Å². The van der Waals surface area contributed by atoms with Crippen LogP contribution in [0.3, 0.4) is 0 Å². The second-order valence-electron chi connectivity index (χ2n) is 11.8. The molecular weight excluding hydrogens is 803 g/mol. The van der Waals surface area contributed by atoms with Gasteiger partial charge in [-0.25, -0.2) is 9.97 Å². The number of rotatable bonds is 6. The van der Waals surface area contributed by atoms with E-state index in [1.807, 2.05) is 72.8 Å². The van der Waals surface area contributed by atoms with Crippen LogP contribution in [0.5, 0.6) is 0 Å². The molecule has 2 aromatic carbocycles. The van der Waals surface area contributed by atoms with Gasteiger partial charge < -0.3 is 0 Å². The van der Waals surface area contributed by atoms with Gasteiger partial charge in [-0.2, -0.15) is 0 Å². The number of nitrogens with zero attached hydrogens (tertiary/aromatic N) is 6. The van der Waals surface area contributed by atoms with Gasteiger partial charge in [0, 0.05) is 24.8 Å². The second-order valence-corrected chi connectivity index (χ2v) is 11.8. The average molecular weight is 837 g/mol. The van der Waals surface area contributed by atoms with Crippen molar-refractivity contribution in [3.8, 4) is 67.8 Å². The van der Waals surface area contributed by atoms with Crippen molar-refractivity contribution in [3.05, 3.63) is 182 Å². The maximum atomic E-state index is 4.79. The fourth-order valence-corrected chi connectivity index (χ4v) is 5.47. The monoisotopic (exact) mass is 838 g/mol. The smallest absolute Gasteiger partial charge is 0.255 e. The number of benzene rings is 2. The first-order valence-corrected chi connectivity index (χ1v) is 16.4. The third kappa shape index (κ3) is 8.77. The molecular formula is C44H34N6Os+2. The Kier molecular flexibility index (Phi) is 11.3. The third-order valence-corrected chi connectivity index (χ3v) is 8.13. The SMILES string of the molecule is Cc1ccc(-c2cc(-c3ccccn3)nc(-c3ccccn3)c2)cc1.Cc1ccc(-c2cc(-c3ccccn3)nc(-c3ccccn3)c2)cc1.[Os+2]. The summed E-state index contributed by atoms with van der Waals surface area (Å²) in [7, 11) is 0. The molecule has 0 unspecified atom stereocenters. The molecule has 8 aromatic rings. The van der Waals surface area contributed by atoms with Crippen molar-refractivity contribution in [2.75, 3.05) is 0 Å². The molecule has 0 saturated heterocycles. The Bertz CT molecular complexity index is 2020. The van der Waals surface area contributed by atoms with Crippen molar-refractivity contribution >= 4 is 0 Å². The van der Waals surface area contributed by atoms with Crippen molar-refractivity contribution < 1.29 is 19.8 Å². The molecule has 0 atom stereocenters. The van der Waals surface area contributed by atoms with Crippen molar-refractivity contribution in [2.45, 2.75) is 13.8 Å². The van der Waals surface area contributed by atoms with Gasteiger partial charge >= 0.3 is 19.8 Å². The topological polar surface area (TPSA) is 77.3 Å².